The molecule has 2 aliphatic heterocycles. The van der Waals surface area contributed by atoms with E-state index in [0.717, 1.165) is 18.7 Å². The highest BCUT2D eigenvalue weighted by atomic mass is 35.5. The summed E-state index contributed by atoms with van der Waals surface area (Å²) in [6.07, 6.45) is 1.95. The lowest BCUT2D eigenvalue weighted by molar-refractivity contribution is -0.135. The van der Waals surface area contributed by atoms with Crippen LogP contribution >= 0.6 is 12.4 Å². The van der Waals surface area contributed by atoms with Crippen molar-refractivity contribution in [2.75, 3.05) is 19.6 Å². The molecule has 4 rings (SSSR count). The lowest BCUT2D eigenvalue weighted by Gasteiger charge is -2.38. The van der Waals surface area contributed by atoms with Crippen molar-refractivity contribution in [1.82, 2.24) is 25.3 Å². The summed E-state index contributed by atoms with van der Waals surface area (Å²) in [5.74, 6) is 0.620. The monoisotopic (exact) mass is 405 g/mol. The van der Waals surface area contributed by atoms with Crippen LogP contribution in [-0.4, -0.2) is 57.1 Å². The van der Waals surface area contributed by atoms with Crippen LogP contribution in [0.25, 0.3) is 0 Å². The van der Waals surface area contributed by atoms with Gasteiger partial charge in [-0.3, -0.25) is 9.69 Å². The van der Waals surface area contributed by atoms with Crippen molar-refractivity contribution in [1.29, 1.82) is 0 Å². The van der Waals surface area contributed by atoms with Gasteiger partial charge in [0.1, 0.15) is 5.54 Å². The molecule has 0 radical (unpaired) electrons. The number of piperidine rings is 1. The highest BCUT2D eigenvalue weighted by molar-refractivity contribution is 6.07. The fourth-order valence-corrected chi connectivity index (χ4v) is 3.99. The molecule has 1 spiro atoms. The van der Waals surface area contributed by atoms with Crippen LogP contribution in [0.2, 0.25) is 0 Å². The van der Waals surface area contributed by atoms with E-state index in [1.165, 1.54) is 4.90 Å². The van der Waals surface area contributed by atoms with Crippen molar-refractivity contribution in [2.24, 2.45) is 0 Å². The fourth-order valence-electron chi connectivity index (χ4n) is 3.99. The molecule has 0 saturated carbocycles. The maximum atomic E-state index is 13.3. The molecule has 9 heteroatoms. The number of benzene rings is 1. The van der Waals surface area contributed by atoms with Gasteiger partial charge in [0.05, 0.1) is 6.54 Å². The molecule has 0 atom stereocenters. The number of urea groups is 1. The molecule has 0 unspecified atom stereocenters. The molecule has 2 saturated heterocycles. The molecule has 0 aliphatic carbocycles. The van der Waals surface area contributed by atoms with E-state index >= 15 is 0 Å². The number of rotatable bonds is 5. The van der Waals surface area contributed by atoms with E-state index in [-0.39, 0.29) is 30.9 Å². The summed E-state index contributed by atoms with van der Waals surface area (Å²) in [6, 6.07) is 9.75. The summed E-state index contributed by atoms with van der Waals surface area (Å²) in [7, 11) is 0. The SMILES string of the molecule is Cc1nc(CN2C(=O)N(CCc3ccccc3)C3(CCNCC3)C2=O)no1.Cl. The summed E-state index contributed by atoms with van der Waals surface area (Å²) in [6.45, 7) is 3.68. The van der Waals surface area contributed by atoms with Crippen LogP contribution in [0, 0.1) is 6.92 Å². The van der Waals surface area contributed by atoms with E-state index < -0.39 is 5.54 Å². The van der Waals surface area contributed by atoms with Crippen LogP contribution in [0.1, 0.15) is 30.1 Å². The van der Waals surface area contributed by atoms with Crippen LogP contribution in [0.4, 0.5) is 4.79 Å². The molecular weight excluding hydrogens is 382 g/mol. The van der Waals surface area contributed by atoms with Gasteiger partial charge in [0.2, 0.25) is 5.89 Å². The Morgan fingerprint density at radius 3 is 2.54 bits per heavy atom. The molecule has 3 amide bonds. The van der Waals surface area contributed by atoms with Crippen molar-refractivity contribution < 1.29 is 14.1 Å². The van der Waals surface area contributed by atoms with Crippen LogP contribution in [0.15, 0.2) is 34.9 Å². The predicted octanol–water partition coefficient (Wildman–Crippen LogP) is 1.93. The molecule has 150 valence electrons. The Bertz CT molecular complexity index is 835. The van der Waals surface area contributed by atoms with E-state index in [1.54, 1.807) is 11.8 Å². The summed E-state index contributed by atoms with van der Waals surface area (Å²) >= 11 is 0. The predicted molar refractivity (Wildman–Crippen MR) is 104 cm³/mol. The Labute approximate surface area is 169 Å². The molecule has 8 nitrogen and oxygen atoms in total. The third kappa shape index (κ3) is 3.62. The third-order valence-electron chi connectivity index (χ3n) is 5.39. The van der Waals surface area contributed by atoms with E-state index in [9.17, 15) is 9.59 Å². The first-order valence-electron chi connectivity index (χ1n) is 9.27. The quantitative estimate of drug-likeness (QED) is 0.764. The largest absolute Gasteiger partial charge is 0.340 e. The zero-order valence-electron chi connectivity index (χ0n) is 15.8. The first-order chi connectivity index (χ1) is 13.1. The molecule has 1 N–H and O–H groups in total. The van der Waals surface area contributed by atoms with Crippen molar-refractivity contribution in [3.63, 3.8) is 0 Å². The minimum atomic E-state index is -0.768. The number of carbonyl (C=O) groups is 2. The van der Waals surface area contributed by atoms with Gasteiger partial charge in [0.15, 0.2) is 5.82 Å². The van der Waals surface area contributed by atoms with Gasteiger partial charge in [0, 0.05) is 13.5 Å². The summed E-state index contributed by atoms with van der Waals surface area (Å²) in [5.41, 5.74) is 0.379. The van der Waals surface area contributed by atoms with Gasteiger partial charge in [-0.2, -0.15) is 4.98 Å². The number of hydrogen-bond donors (Lipinski definition) is 1. The van der Waals surface area contributed by atoms with Crippen molar-refractivity contribution in [2.45, 2.75) is 38.3 Å². The highest BCUT2D eigenvalue weighted by Gasteiger charge is 2.57. The molecule has 2 aromatic rings. The van der Waals surface area contributed by atoms with Gasteiger partial charge in [-0.25, -0.2) is 4.79 Å². The first kappa shape index (κ1) is 20.3. The normalized spacial score (nSPS) is 18.6. The number of nitrogens with one attached hydrogen (secondary N) is 1. The highest BCUT2D eigenvalue weighted by Crippen LogP contribution is 2.36. The number of aryl methyl sites for hydroxylation is 1. The first-order valence-corrected chi connectivity index (χ1v) is 9.27. The molecule has 1 aromatic carbocycles. The number of halogens is 1. The molecule has 0 bridgehead atoms. The van der Waals surface area contributed by atoms with Crippen molar-refractivity contribution in [3.05, 3.63) is 47.6 Å². The van der Waals surface area contributed by atoms with E-state index in [2.05, 4.69) is 15.5 Å². The van der Waals surface area contributed by atoms with Gasteiger partial charge >= 0.3 is 6.03 Å². The molecule has 2 fully saturated rings. The van der Waals surface area contributed by atoms with Crippen LogP contribution in [-0.2, 0) is 17.8 Å². The lowest BCUT2D eigenvalue weighted by atomic mass is 9.86. The van der Waals surface area contributed by atoms with Gasteiger partial charge in [-0.15, -0.1) is 12.4 Å². The number of carbonyl (C=O) groups excluding carboxylic acids is 2. The second-order valence-electron chi connectivity index (χ2n) is 7.07. The summed E-state index contributed by atoms with van der Waals surface area (Å²) < 4.78 is 4.98. The Morgan fingerprint density at radius 2 is 1.89 bits per heavy atom. The number of amides is 3. The topological polar surface area (TPSA) is 91.6 Å². The minimum Gasteiger partial charge on any atom is -0.340 e. The summed E-state index contributed by atoms with van der Waals surface area (Å²) in [4.78, 5) is 33.6. The molecule has 2 aliphatic rings. The Kier molecular flexibility index (Phi) is 6.00. The van der Waals surface area contributed by atoms with Crippen molar-refractivity contribution in [3.8, 4) is 0 Å². The standard InChI is InChI=1S/C19H23N5O3.ClH/c1-14-21-16(22-27-14)13-23-17(25)19(8-10-20-11-9-19)24(18(23)26)12-7-15-5-3-2-4-6-15;/h2-6,20H,7-13H2,1H3;1H. The fraction of sp³-hybridized carbons (Fsp3) is 0.474. The van der Waals surface area contributed by atoms with Crippen LogP contribution in [0.5, 0.6) is 0 Å². The smallest absolute Gasteiger partial charge is 0.328 e. The Morgan fingerprint density at radius 1 is 1.18 bits per heavy atom. The minimum absolute atomic E-state index is 0. The maximum Gasteiger partial charge on any atom is 0.328 e. The zero-order chi connectivity index (χ0) is 18.9. The second-order valence-corrected chi connectivity index (χ2v) is 7.07. The zero-order valence-corrected chi connectivity index (χ0v) is 16.6. The van der Waals surface area contributed by atoms with Crippen LogP contribution in [0.3, 0.4) is 0 Å². The molecule has 3 heterocycles. The lowest BCUT2D eigenvalue weighted by Crippen LogP contribution is -2.56. The maximum absolute atomic E-state index is 13.3. The second kappa shape index (κ2) is 8.28. The van der Waals surface area contributed by atoms with E-state index in [4.69, 9.17) is 4.52 Å². The van der Waals surface area contributed by atoms with E-state index in [1.807, 2.05) is 30.3 Å². The molecular formula is C19H24ClN5O3. The molecule has 1 aromatic heterocycles. The van der Waals surface area contributed by atoms with Crippen molar-refractivity contribution >= 4 is 24.3 Å². The Hall–Kier alpha value is -2.45. The van der Waals surface area contributed by atoms with Gasteiger partial charge in [-0.1, -0.05) is 35.5 Å². The Balaban J connectivity index is 0.00000225. The number of nitrogens with zero attached hydrogens (tertiary/aromatic N) is 4. The van der Waals surface area contributed by atoms with Crippen LogP contribution < -0.4 is 5.32 Å². The summed E-state index contributed by atoms with van der Waals surface area (Å²) in [5, 5.41) is 7.12. The number of aromatic nitrogens is 2. The van der Waals surface area contributed by atoms with E-state index in [0.29, 0.717) is 37.5 Å². The average Bonchev–Trinajstić information content (AvgIpc) is 3.18. The van der Waals surface area contributed by atoms with Gasteiger partial charge in [0.25, 0.3) is 5.91 Å². The molecule has 28 heavy (non-hydrogen) atoms. The third-order valence-corrected chi connectivity index (χ3v) is 5.39. The van der Waals surface area contributed by atoms with Gasteiger partial charge in [-0.05, 0) is 37.9 Å². The van der Waals surface area contributed by atoms with Gasteiger partial charge < -0.3 is 14.7 Å². The number of imide groups is 1. The average molecular weight is 406 g/mol. The number of hydrogen-bond acceptors (Lipinski definition) is 6.